The molecule has 0 aliphatic carbocycles. The van der Waals surface area contributed by atoms with Gasteiger partial charge in [-0.2, -0.15) is 0 Å². The van der Waals surface area contributed by atoms with Crippen LogP contribution in [-0.2, 0) is 10.5 Å². The molecule has 0 amide bonds. The van der Waals surface area contributed by atoms with E-state index in [9.17, 15) is 4.79 Å². The lowest BCUT2D eigenvalue weighted by Gasteiger charge is -2.34. The van der Waals surface area contributed by atoms with Gasteiger partial charge in [0.05, 0.1) is 35.5 Å². The number of aromatic nitrogens is 3. The zero-order valence-corrected chi connectivity index (χ0v) is 15.1. The number of anilines is 1. The van der Waals surface area contributed by atoms with E-state index in [0.717, 1.165) is 23.1 Å². The minimum absolute atomic E-state index is 0.165. The van der Waals surface area contributed by atoms with Crippen molar-refractivity contribution in [1.29, 1.82) is 0 Å². The fraction of sp³-hybridized carbons (Fsp3) is 0.375. The van der Waals surface area contributed by atoms with Crippen LogP contribution >= 0.6 is 23.4 Å². The van der Waals surface area contributed by atoms with Crippen molar-refractivity contribution in [1.82, 2.24) is 15.0 Å². The second-order valence-electron chi connectivity index (χ2n) is 5.58. The SMILES string of the molecule is C[C@H]1COCCN1c1cc(CSc2ccc(C(=O)O)cn2)nc(Cl)n1. The van der Waals surface area contributed by atoms with Crippen molar-refractivity contribution in [3.63, 3.8) is 0 Å². The first-order chi connectivity index (χ1) is 12.0. The fourth-order valence-electron chi connectivity index (χ4n) is 2.48. The lowest BCUT2D eigenvalue weighted by atomic mass is 10.2. The van der Waals surface area contributed by atoms with Crippen molar-refractivity contribution in [2.24, 2.45) is 0 Å². The van der Waals surface area contributed by atoms with Crippen molar-refractivity contribution in [3.8, 4) is 0 Å². The second-order valence-corrected chi connectivity index (χ2v) is 6.92. The first kappa shape index (κ1) is 17.9. The van der Waals surface area contributed by atoms with Gasteiger partial charge in [0.15, 0.2) is 0 Å². The van der Waals surface area contributed by atoms with Gasteiger partial charge in [0, 0.05) is 24.6 Å². The molecule has 1 atom stereocenters. The van der Waals surface area contributed by atoms with Gasteiger partial charge in [0.1, 0.15) is 5.82 Å². The van der Waals surface area contributed by atoms with Crippen LogP contribution in [0.2, 0.25) is 5.28 Å². The Bertz CT molecular complexity index is 760. The van der Waals surface area contributed by atoms with Crippen LogP contribution in [0.1, 0.15) is 23.0 Å². The molecule has 0 unspecified atom stereocenters. The number of thioether (sulfide) groups is 1. The fourth-order valence-corrected chi connectivity index (χ4v) is 3.41. The van der Waals surface area contributed by atoms with Gasteiger partial charge >= 0.3 is 5.97 Å². The van der Waals surface area contributed by atoms with Crippen LogP contribution in [0.25, 0.3) is 0 Å². The third-order valence-electron chi connectivity index (χ3n) is 3.75. The Labute approximate surface area is 154 Å². The maximum atomic E-state index is 10.9. The van der Waals surface area contributed by atoms with Crippen molar-refractivity contribution in [3.05, 3.63) is 40.9 Å². The number of rotatable bonds is 5. The molecule has 25 heavy (non-hydrogen) atoms. The number of halogens is 1. The van der Waals surface area contributed by atoms with E-state index >= 15 is 0 Å². The molecule has 0 bridgehead atoms. The minimum Gasteiger partial charge on any atom is -0.478 e. The molecule has 132 valence electrons. The highest BCUT2D eigenvalue weighted by atomic mass is 35.5. The van der Waals surface area contributed by atoms with Crippen LogP contribution in [0.5, 0.6) is 0 Å². The molecule has 3 rings (SSSR count). The highest BCUT2D eigenvalue weighted by Crippen LogP contribution is 2.25. The Morgan fingerprint density at radius 2 is 2.32 bits per heavy atom. The number of carbonyl (C=O) groups is 1. The van der Waals surface area contributed by atoms with Crippen LogP contribution in [0.3, 0.4) is 0 Å². The number of pyridine rings is 1. The number of morpholine rings is 1. The van der Waals surface area contributed by atoms with Gasteiger partial charge in [-0.05, 0) is 30.7 Å². The molecule has 1 N–H and O–H groups in total. The van der Waals surface area contributed by atoms with E-state index in [4.69, 9.17) is 21.4 Å². The Kier molecular flexibility index (Phi) is 5.72. The van der Waals surface area contributed by atoms with E-state index in [1.165, 1.54) is 24.0 Å². The van der Waals surface area contributed by atoms with Crippen LogP contribution < -0.4 is 4.90 Å². The molecule has 1 aliphatic rings. The summed E-state index contributed by atoms with van der Waals surface area (Å²) in [5, 5.41) is 9.83. The second kappa shape index (κ2) is 7.99. The van der Waals surface area contributed by atoms with Gasteiger partial charge in [-0.15, -0.1) is 11.8 Å². The summed E-state index contributed by atoms with van der Waals surface area (Å²) < 4.78 is 5.45. The van der Waals surface area contributed by atoms with Crippen LogP contribution in [0.4, 0.5) is 5.82 Å². The van der Waals surface area contributed by atoms with Crippen LogP contribution in [-0.4, -0.2) is 51.8 Å². The molecule has 2 aromatic heterocycles. The lowest BCUT2D eigenvalue weighted by molar-refractivity contribution is 0.0696. The third kappa shape index (κ3) is 4.59. The molecule has 3 heterocycles. The standard InChI is InChI=1S/C16H17ClN4O3S/c1-10-8-24-5-4-21(10)13-6-12(19-16(17)20-13)9-25-14-3-2-11(7-18-14)15(22)23/h2-3,6-7,10H,4-5,8-9H2,1H3,(H,22,23)/t10-/m0/s1. The molecular weight excluding hydrogens is 364 g/mol. The van der Waals surface area contributed by atoms with Gasteiger partial charge < -0.3 is 14.7 Å². The van der Waals surface area contributed by atoms with Gasteiger partial charge in [0.2, 0.25) is 5.28 Å². The summed E-state index contributed by atoms with van der Waals surface area (Å²) >= 11 is 7.55. The largest absolute Gasteiger partial charge is 0.478 e. The van der Waals surface area contributed by atoms with E-state index in [1.54, 1.807) is 6.07 Å². The van der Waals surface area contributed by atoms with Crippen molar-refractivity contribution < 1.29 is 14.6 Å². The molecule has 0 spiro atoms. The first-order valence-corrected chi connectivity index (χ1v) is 9.09. The summed E-state index contributed by atoms with van der Waals surface area (Å²) in [5.41, 5.74) is 0.959. The Hall–Kier alpha value is -1.90. The zero-order valence-electron chi connectivity index (χ0n) is 13.6. The van der Waals surface area contributed by atoms with Crippen LogP contribution in [0.15, 0.2) is 29.4 Å². The molecule has 2 aromatic rings. The highest BCUT2D eigenvalue weighted by molar-refractivity contribution is 7.98. The summed E-state index contributed by atoms with van der Waals surface area (Å²) in [6, 6.07) is 5.37. The maximum absolute atomic E-state index is 10.9. The van der Waals surface area contributed by atoms with Gasteiger partial charge in [0.25, 0.3) is 0 Å². The summed E-state index contributed by atoms with van der Waals surface area (Å²) in [7, 11) is 0. The van der Waals surface area contributed by atoms with E-state index in [1.807, 2.05) is 6.07 Å². The molecular formula is C16H17ClN4O3S. The number of aromatic carboxylic acids is 1. The third-order valence-corrected chi connectivity index (χ3v) is 4.90. The Balaban J connectivity index is 1.71. The monoisotopic (exact) mass is 380 g/mol. The summed E-state index contributed by atoms with van der Waals surface area (Å²) in [5.74, 6) is 0.365. The zero-order chi connectivity index (χ0) is 17.8. The summed E-state index contributed by atoms with van der Waals surface area (Å²) in [6.07, 6.45) is 1.35. The predicted molar refractivity (Wildman–Crippen MR) is 95.4 cm³/mol. The van der Waals surface area contributed by atoms with E-state index in [2.05, 4.69) is 26.8 Å². The average molecular weight is 381 g/mol. The molecule has 9 heteroatoms. The van der Waals surface area contributed by atoms with E-state index in [0.29, 0.717) is 19.0 Å². The molecule has 7 nitrogen and oxygen atoms in total. The quantitative estimate of drug-likeness (QED) is 0.625. The van der Waals surface area contributed by atoms with Gasteiger partial charge in [-0.1, -0.05) is 0 Å². The Morgan fingerprint density at radius 3 is 3.00 bits per heavy atom. The highest BCUT2D eigenvalue weighted by Gasteiger charge is 2.21. The minimum atomic E-state index is -0.990. The van der Waals surface area contributed by atoms with E-state index in [-0.39, 0.29) is 16.9 Å². The van der Waals surface area contributed by atoms with Crippen molar-refractivity contribution >= 4 is 35.1 Å². The smallest absolute Gasteiger partial charge is 0.337 e. The molecule has 0 aromatic carbocycles. The Morgan fingerprint density at radius 1 is 1.48 bits per heavy atom. The molecule has 1 aliphatic heterocycles. The first-order valence-electron chi connectivity index (χ1n) is 7.73. The number of hydrogen-bond acceptors (Lipinski definition) is 7. The summed E-state index contributed by atoms with van der Waals surface area (Å²) in [4.78, 5) is 25.7. The number of carboxylic acids is 1. The van der Waals surface area contributed by atoms with Gasteiger partial charge in [-0.25, -0.2) is 19.7 Å². The van der Waals surface area contributed by atoms with E-state index < -0.39 is 5.97 Å². The molecule has 0 radical (unpaired) electrons. The number of carboxylic acid groups (broad SMARTS) is 1. The normalized spacial score (nSPS) is 17.5. The summed E-state index contributed by atoms with van der Waals surface area (Å²) in [6.45, 7) is 4.16. The maximum Gasteiger partial charge on any atom is 0.337 e. The average Bonchev–Trinajstić information content (AvgIpc) is 2.60. The van der Waals surface area contributed by atoms with Crippen LogP contribution in [0, 0.1) is 0 Å². The van der Waals surface area contributed by atoms with Crippen molar-refractivity contribution in [2.45, 2.75) is 23.7 Å². The number of nitrogens with zero attached hydrogens (tertiary/aromatic N) is 4. The number of ether oxygens (including phenoxy) is 1. The number of hydrogen-bond donors (Lipinski definition) is 1. The topological polar surface area (TPSA) is 88.4 Å². The molecule has 1 saturated heterocycles. The predicted octanol–water partition coefficient (Wildman–Crippen LogP) is 2.74. The van der Waals surface area contributed by atoms with Gasteiger partial charge in [-0.3, -0.25) is 0 Å². The van der Waals surface area contributed by atoms with Crippen molar-refractivity contribution in [2.75, 3.05) is 24.7 Å². The lowest BCUT2D eigenvalue weighted by Crippen LogP contribution is -2.44. The molecule has 1 fully saturated rings. The molecule has 0 saturated carbocycles.